The second-order valence-corrected chi connectivity index (χ2v) is 7.48. The quantitative estimate of drug-likeness (QED) is 0.892. The molecule has 1 N–H and O–H groups in total. The zero-order valence-electron chi connectivity index (χ0n) is 15.1. The molecule has 0 amide bonds. The summed E-state index contributed by atoms with van der Waals surface area (Å²) in [6.45, 7) is 3.52. The summed E-state index contributed by atoms with van der Waals surface area (Å²) in [5.74, 6) is 0.352. The molecule has 3 nitrogen and oxygen atoms in total. The first-order valence-electron chi connectivity index (χ1n) is 9.19. The molecule has 25 heavy (non-hydrogen) atoms. The van der Waals surface area contributed by atoms with Crippen LogP contribution in [0.4, 0.5) is 18.9 Å². The van der Waals surface area contributed by atoms with Crippen LogP contribution in [0.2, 0.25) is 0 Å². The number of halogens is 3. The molecule has 0 atom stereocenters. The van der Waals surface area contributed by atoms with Gasteiger partial charge in [0.05, 0.1) is 5.56 Å². The van der Waals surface area contributed by atoms with E-state index in [0.29, 0.717) is 12.0 Å². The molecule has 0 spiro atoms. The molecule has 140 valence electrons. The van der Waals surface area contributed by atoms with Crippen LogP contribution >= 0.6 is 0 Å². The van der Waals surface area contributed by atoms with Crippen LogP contribution in [0.25, 0.3) is 0 Å². The van der Waals surface area contributed by atoms with Crippen molar-refractivity contribution in [2.75, 3.05) is 45.2 Å². The molecule has 1 aromatic carbocycles. The van der Waals surface area contributed by atoms with Crippen molar-refractivity contribution in [2.24, 2.45) is 0 Å². The number of rotatable bonds is 3. The minimum Gasteiger partial charge on any atom is -0.371 e. The number of hydrogen-bond acceptors (Lipinski definition) is 3. The van der Waals surface area contributed by atoms with Gasteiger partial charge in [0.2, 0.25) is 0 Å². The number of piperidine rings is 2. The molecule has 0 aromatic heterocycles. The number of anilines is 1. The Balaban J connectivity index is 1.88. The molecule has 0 radical (unpaired) electrons. The maximum absolute atomic E-state index is 13.2. The first kappa shape index (κ1) is 18.5. The summed E-state index contributed by atoms with van der Waals surface area (Å²) in [5, 5.41) is 3.34. The highest BCUT2D eigenvalue weighted by Crippen LogP contribution is 2.39. The van der Waals surface area contributed by atoms with Gasteiger partial charge in [-0.1, -0.05) is 6.07 Å². The summed E-state index contributed by atoms with van der Waals surface area (Å²) < 4.78 is 39.7. The number of nitrogens with zero attached hydrogens (tertiary/aromatic N) is 2. The molecule has 2 heterocycles. The monoisotopic (exact) mass is 355 g/mol. The maximum Gasteiger partial charge on any atom is 0.416 e. The fourth-order valence-electron chi connectivity index (χ4n) is 4.10. The van der Waals surface area contributed by atoms with Crippen LogP contribution < -0.4 is 10.2 Å². The summed E-state index contributed by atoms with van der Waals surface area (Å²) in [5.41, 5.74) is 1.37. The van der Waals surface area contributed by atoms with E-state index in [1.807, 2.05) is 0 Å². The Bertz CT molecular complexity index is 572. The number of hydrogen-bond donors (Lipinski definition) is 1. The Kier molecular flexibility index (Phi) is 5.58. The first-order valence-corrected chi connectivity index (χ1v) is 9.19. The van der Waals surface area contributed by atoms with Crippen molar-refractivity contribution in [3.05, 3.63) is 29.3 Å². The Morgan fingerprint density at radius 2 is 1.68 bits per heavy atom. The lowest BCUT2D eigenvalue weighted by molar-refractivity contribution is -0.137. The van der Waals surface area contributed by atoms with Crippen molar-refractivity contribution in [3.63, 3.8) is 0 Å². The van der Waals surface area contributed by atoms with Gasteiger partial charge in [0.25, 0.3) is 0 Å². The smallest absolute Gasteiger partial charge is 0.371 e. The lowest BCUT2D eigenvalue weighted by Crippen LogP contribution is -2.42. The van der Waals surface area contributed by atoms with Crippen molar-refractivity contribution in [3.8, 4) is 0 Å². The molecule has 2 saturated heterocycles. The van der Waals surface area contributed by atoms with Crippen LogP contribution in [0.15, 0.2) is 18.2 Å². The second-order valence-electron chi connectivity index (χ2n) is 7.48. The van der Waals surface area contributed by atoms with Gasteiger partial charge < -0.3 is 15.1 Å². The highest BCUT2D eigenvalue weighted by Gasteiger charge is 2.33. The summed E-state index contributed by atoms with van der Waals surface area (Å²) in [6, 6.07) is 4.89. The summed E-state index contributed by atoms with van der Waals surface area (Å²) in [6.07, 6.45) is -0.313. The van der Waals surface area contributed by atoms with Gasteiger partial charge in [-0.15, -0.1) is 0 Å². The third kappa shape index (κ3) is 4.29. The van der Waals surface area contributed by atoms with Crippen molar-refractivity contribution >= 4 is 5.69 Å². The Morgan fingerprint density at radius 1 is 1.04 bits per heavy atom. The van der Waals surface area contributed by atoms with Crippen molar-refractivity contribution in [1.29, 1.82) is 0 Å². The normalized spacial score (nSPS) is 21.1. The molecule has 2 aliphatic heterocycles. The van der Waals surface area contributed by atoms with Crippen molar-refractivity contribution in [2.45, 2.75) is 43.8 Å². The van der Waals surface area contributed by atoms with Gasteiger partial charge in [0, 0.05) is 24.8 Å². The number of nitrogens with one attached hydrogen (secondary N) is 1. The van der Waals surface area contributed by atoms with Gasteiger partial charge in [0.15, 0.2) is 0 Å². The second kappa shape index (κ2) is 7.54. The van der Waals surface area contributed by atoms with Crippen LogP contribution in [-0.2, 0) is 6.18 Å². The predicted octanol–water partition coefficient (Wildman–Crippen LogP) is 3.70. The third-order valence-corrected chi connectivity index (χ3v) is 5.67. The summed E-state index contributed by atoms with van der Waals surface area (Å²) >= 11 is 0. The summed E-state index contributed by atoms with van der Waals surface area (Å²) in [4.78, 5) is 4.39. The van der Waals surface area contributed by atoms with E-state index in [1.165, 1.54) is 12.1 Å². The van der Waals surface area contributed by atoms with Gasteiger partial charge in [-0.2, -0.15) is 13.2 Å². The summed E-state index contributed by atoms with van der Waals surface area (Å²) in [7, 11) is 4.15. The van der Waals surface area contributed by atoms with E-state index in [9.17, 15) is 13.2 Å². The largest absolute Gasteiger partial charge is 0.416 e. The topological polar surface area (TPSA) is 18.5 Å². The van der Waals surface area contributed by atoms with E-state index in [4.69, 9.17) is 0 Å². The lowest BCUT2D eigenvalue weighted by Gasteiger charge is -2.38. The molecule has 2 fully saturated rings. The van der Waals surface area contributed by atoms with Crippen LogP contribution in [0.3, 0.4) is 0 Å². The van der Waals surface area contributed by atoms with Gasteiger partial charge in [-0.25, -0.2) is 0 Å². The highest BCUT2D eigenvalue weighted by atomic mass is 19.4. The zero-order chi connectivity index (χ0) is 18.0. The van der Waals surface area contributed by atoms with Crippen molar-refractivity contribution < 1.29 is 13.2 Å². The molecule has 0 bridgehead atoms. The molecule has 0 saturated carbocycles. The third-order valence-electron chi connectivity index (χ3n) is 5.67. The van der Waals surface area contributed by atoms with E-state index in [2.05, 4.69) is 29.2 Å². The minimum atomic E-state index is -4.29. The van der Waals surface area contributed by atoms with Crippen molar-refractivity contribution in [1.82, 2.24) is 10.2 Å². The average molecular weight is 355 g/mol. The Labute approximate surface area is 148 Å². The van der Waals surface area contributed by atoms with E-state index in [1.54, 1.807) is 6.07 Å². The van der Waals surface area contributed by atoms with Crippen LogP contribution in [0, 0.1) is 0 Å². The standard InChI is InChI=1S/C19H28F3N3/c1-24(2)16-7-11-25(12-8-16)18-13-15(19(20,21)22)3-4-17(18)14-5-9-23-10-6-14/h3-4,13-14,16,23H,5-12H2,1-2H3. The Hall–Kier alpha value is -1.27. The predicted molar refractivity (Wildman–Crippen MR) is 95.2 cm³/mol. The van der Waals surface area contributed by atoms with E-state index in [0.717, 1.165) is 63.1 Å². The maximum atomic E-state index is 13.2. The zero-order valence-corrected chi connectivity index (χ0v) is 15.1. The molecular weight excluding hydrogens is 327 g/mol. The number of benzene rings is 1. The van der Waals surface area contributed by atoms with Crippen LogP contribution in [-0.4, -0.2) is 51.2 Å². The number of alkyl halides is 3. The van der Waals surface area contributed by atoms with E-state index in [-0.39, 0.29) is 0 Å². The molecule has 0 unspecified atom stereocenters. The minimum absolute atomic E-state index is 0.352. The fourth-order valence-corrected chi connectivity index (χ4v) is 4.10. The molecular formula is C19H28F3N3. The van der Waals surface area contributed by atoms with Crippen LogP contribution in [0.1, 0.15) is 42.7 Å². The van der Waals surface area contributed by atoms with Gasteiger partial charge >= 0.3 is 6.18 Å². The molecule has 2 aliphatic rings. The average Bonchev–Trinajstić information content (AvgIpc) is 2.61. The SMILES string of the molecule is CN(C)C1CCN(c2cc(C(F)(F)F)ccc2C2CCNCC2)CC1. The lowest BCUT2D eigenvalue weighted by atomic mass is 9.87. The van der Waals surface area contributed by atoms with Gasteiger partial charge in [0.1, 0.15) is 0 Å². The first-order chi connectivity index (χ1) is 11.9. The molecule has 6 heteroatoms. The molecule has 3 rings (SSSR count). The fraction of sp³-hybridized carbons (Fsp3) is 0.684. The van der Waals surface area contributed by atoms with Gasteiger partial charge in [-0.3, -0.25) is 0 Å². The van der Waals surface area contributed by atoms with Gasteiger partial charge in [-0.05, 0) is 76.5 Å². The molecule has 1 aromatic rings. The Morgan fingerprint density at radius 3 is 2.24 bits per heavy atom. The van der Waals surface area contributed by atoms with E-state index >= 15 is 0 Å². The van der Waals surface area contributed by atoms with E-state index < -0.39 is 11.7 Å². The van der Waals surface area contributed by atoms with Crippen LogP contribution in [0.5, 0.6) is 0 Å². The molecule has 0 aliphatic carbocycles. The highest BCUT2D eigenvalue weighted by molar-refractivity contribution is 5.58.